The molecular formula is C20H23BrN6O. The second-order valence-corrected chi connectivity index (χ2v) is 8.35. The molecule has 0 bridgehead atoms. The molecule has 1 aliphatic heterocycles. The quantitative estimate of drug-likeness (QED) is 0.663. The highest BCUT2D eigenvalue weighted by molar-refractivity contribution is 9.10. The van der Waals surface area contributed by atoms with Crippen LogP contribution in [0.5, 0.6) is 0 Å². The molecule has 4 rings (SSSR count). The van der Waals surface area contributed by atoms with E-state index in [2.05, 4.69) is 50.2 Å². The summed E-state index contributed by atoms with van der Waals surface area (Å²) in [5.41, 5.74) is 1.59. The number of piperidine rings is 1. The molecule has 1 aromatic carbocycles. The number of rotatable bonds is 4. The first-order valence-corrected chi connectivity index (χ1v) is 10.3. The highest BCUT2D eigenvalue weighted by atomic mass is 79.9. The van der Waals surface area contributed by atoms with Crippen molar-refractivity contribution in [2.24, 2.45) is 5.92 Å². The molecule has 7 nitrogen and oxygen atoms in total. The lowest BCUT2D eigenvalue weighted by molar-refractivity contribution is -0.120. The maximum atomic E-state index is 12.6. The monoisotopic (exact) mass is 442 g/mol. The summed E-state index contributed by atoms with van der Waals surface area (Å²) in [5, 5.41) is 16.2. The van der Waals surface area contributed by atoms with Crippen LogP contribution in [0.1, 0.15) is 38.4 Å². The Bertz CT molecular complexity index is 976. The van der Waals surface area contributed by atoms with E-state index in [9.17, 15) is 4.79 Å². The Kier molecular flexibility index (Phi) is 5.30. The van der Waals surface area contributed by atoms with Crippen LogP contribution in [-0.2, 0) is 4.79 Å². The average Bonchev–Trinajstić information content (AvgIpc) is 3.13. The Morgan fingerprint density at radius 2 is 1.82 bits per heavy atom. The molecule has 3 heterocycles. The number of benzene rings is 1. The number of halogens is 1. The number of amides is 1. The lowest BCUT2D eigenvalue weighted by atomic mass is 9.96. The highest BCUT2D eigenvalue weighted by Gasteiger charge is 2.26. The minimum absolute atomic E-state index is 0.0183. The summed E-state index contributed by atoms with van der Waals surface area (Å²) in [4.78, 5) is 14.8. The molecule has 146 valence electrons. The minimum Gasteiger partial charge on any atom is -0.355 e. The second-order valence-electron chi connectivity index (χ2n) is 7.43. The molecule has 0 radical (unpaired) electrons. The van der Waals surface area contributed by atoms with Crippen molar-refractivity contribution in [2.75, 3.05) is 23.3 Å². The molecule has 2 aromatic heterocycles. The van der Waals surface area contributed by atoms with Crippen LogP contribution in [0.2, 0.25) is 0 Å². The first kappa shape index (κ1) is 18.9. The summed E-state index contributed by atoms with van der Waals surface area (Å²) >= 11 is 3.41. The second kappa shape index (κ2) is 7.87. The molecule has 1 N–H and O–H groups in total. The van der Waals surface area contributed by atoms with Gasteiger partial charge in [-0.1, -0.05) is 29.8 Å². The van der Waals surface area contributed by atoms with Crippen LogP contribution in [-0.4, -0.2) is 38.8 Å². The zero-order valence-electron chi connectivity index (χ0n) is 16.0. The van der Waals surface area contributed by atoms with Crippen molar-refractivity contribution in [2.45, 2.75) is 32.6 Å². The van der Waals surface area contributed by atoms with Gasteiger partial charge < -0.3 is 10.2 Å². The zero-order valence-corrected chi connectivity index (χ0v) is 17.6. The van der Waals surface area contributed by atoms with E-state index in [0.29, 0.717) is 0 Å². The highest BCUT2D eigenvalue weighted by Crippen LogP contribution is 2.24. The van der Waals surface area contributed by atoms with Crippen LogP contribution >= 0.6 is 15.9 Å². The third-order valence-corrected chi connectivity index (χ3v) is 5.62. The van der Waals surface area contributed by atoms with E-state index in [1.807, 2.05) is 40.9 Å². The van der Waals surface area contributed by atoms with E-state index in [1.165, 1.54) is 0 Å². The first-order valence-electron chi connectivity index (χ1n) is 9.55. The van der Waals surface area contributed by atoms with E-state index in [1.54, 1.807) is 0 Å². The van der Waals surface area contributed by atoms with Crippen molar-refractivity contribution in [1.82, 2.24) is 19.8 Å². The molecule has 8 heteroatoms. The molecule has 0 unspecified atom stereocenters. The van der Waals surface area contributed by atoms with Gasteiger partial charge in [-0.15, -0.1) is 15.3 Å². The van der Waals surface area contributed by atoms with Gasteiger partial charge in [0.1, 0.15) is 5.82 Å². The third kappa shape index (κ3) is 3.87. The Morgan fingerprint density at radius 1 is 1.11 bits per heavy atom. The van der Waals surface area contributed by atoms with Crippen molar-refractivity contribution in [3.8, 4) is 0 Å². The van der Waals surface area contributed by atoms with Crippen LogP contribution in [0, 0.1) is 5.92 Å². The average molecular weight is 443 g/mol. The zero-order chi connectivity index (χ0) is 19.7. The number of hydrogen-bond acceptors (Lipinski definition) is 5. The van der Waals surface area contributed by atoms with Gasteiger partial charge >= 0.3 is 0 Å². The van der Waals surface area contributed by atoms with Crippen LogP contribution in [0.25, 0.3) is 5.65 Å². The van der Waals surface area contributed by atoms with Gasteiger partial charge in [-0.2, -0.15) is 4.52 Å². The molecule has 1 aliphatic rings. The Hall–Kier alpha value is -2.48. The van der Waals surface area contributed by atoms with Crippen molar-refractivity contribution >= 4 is 39.0 Å². The van der Waals surface area contributed by atoms with Crippen LogP contribution in [0.4, 0.5) is 11.5 Å². The Morgan fingerprint density at radius 3 is 2.50 bits per heavy atom. The van der Waals surface area contributed by atoms with Gasteiger partial charge in [-0.05, 0) is 49.2 Å². The van der Waals surface area contributed by atoms with Gasteiger partial charge in [0.25, 0.3) is 0 Å². The number of anilines is 2. The Labute approximate surface area is 172 Å². The molecular weight excluding hydrogens is 420 g/mol. The van der Waals surface area contributed by atoms with Crippen LogP contribution in [0.15, 0.2) is 40.9 Å². The summed E-state index contributed by atoms with van der Waals surface area (Å²) < 4.78 is 2.82. The fourth-order valence-corrected chi connectivity index (χ4v) is 3.74. The SMILES string of the molecule is CC(C)c1nnc2ccc(N3CCC(C(=O)Nc4ccc(Br)cc4)CC3)nn12. The standard InChI is InChI=1S/C20H23BrN6O/c1-13(2)19-24-23-17-7-8-18(25-27(17)19)26-11-9-14(10-12-26)20(28)22-16-5-3-15(21)4-6-16/h3-8,13-14H,9-12H2,1-2H3,(H,22,28). The summed E-state index contributed by atoms with van der Waals surface area (Å²) in [6.45, 7) is 5.77. The molecule has 0 saturated carbocycles. The van der Waals surface area contributed by atoms with E-state index in [4.69, 9.17) is 5.10 Å². The normalized spacial score (nSPS) is 15.4. The molecule has 1 saturated heterocycles. The maximum absolute atomic E-state index is 12.6. The van der Waals surface area contributed by atoms with E-state index < -0.39 is 0 Å². The lowest BCUT2D eigenvalue weighted by Crippen LogP contribution is -2.38. The first-order chi connectivity index (χ1) is 13.5. The predicted molar refractivity (Wildman–Crippen MR) is 113 cm³/mol. The van der Waals surface area contributed by atoms with Gasteiger partial charge in [-0.3, -0.25) is 4.79 Å². The van der Waals surface area contributed by atoms with Crippen molar-refractivity contribution in [1.29, 1.82) is 0 Å². The summed E-state index contributed by atoms with van der Waals surface area (Å²) in [7, 11) is 0. The molecule has 1 fully saturated rings. The molecule has 1 amide bonds. The van der Waals surface area contributed by atoms with Gasteiger partial charge in [0.15, 0.2) is 11.5 Å². The van der Waals surface area contributed by atoms with Gasteiger partial charge in [0, 0.05) is 35.1 Å². The molecule has 0 aliphatic carbocycles. The fourth-order valence-electron chi connectivity index (χ4n) is 3.47. The lowest BCUT2D eigenvalue weighted by Gasteiger charge is -2.32. The number of fused-ring (bicyclic) bond motifs is 1. The van der Waals surface area contributed by atoms with E-state index in [0.717, 1.165) is 53.4 Å². The minimum atomic E-state index is 0.0183. The molecule has 0 atom stereocenters. The van der Waals surface area contributed by atoms with E-state index >= 15 is 0 Å². The summed E-state index contributed by atoms with van der Waals surface area (Å²) in [6, 6.07) is 11.6. The number of aromatic nitrogens is 4. The predicted octanol–water partition coefficient (Wildman–Crippen LogP) is 3.87. The largest absolute Gasteiger partial charge is 0.355 e. The topological polar surface area (TPSA) is 75.4 Å². The summed E-state index contributed by atoms with van der Waals surface area (Å²) in [6.07, 6.45) is 1.61. The third-order valence-electron chi connectivity index (χ3n) is 5.09. The Balaban J connectivity index is 1.41. The maximum Gasteiger partial charge on any atom is 0.227 e. The van der Waals surface area contributed by atoms with E-state index in [-0.39, 0.29) is 17.7 Å². The number of hydrogen-bond donors (Lipinski definition) is 1. The smallest absolute Gasteiger partial charge is 0.227 e. The van der Waals surface area contributed by atoms with Crippen molar-refractivity contribution in [3.05, 3.63) is 46.7 Å². The number of carbonyl (C=O) groups excluding carboxylic acids is 1. The molecule has 3 aromatic rings. The molecule has 0 spiro atoms. The number of nitrogens with zero attached hydrogens (tertiary/aromatic N) is 5. The van der Waals surface area contributed by atoms with Crippen molar-refractivity contribution < 1.29 is 4.79 Å². The van der Waals surface area contributed by atoms with Gasteiger partial charge in [-0.25, -0.2) is 0 Å². The molecule has 28 heavy (non-hydrogen) atoms. The van der Waals surface area contributed by atoms with Gasteiger partial charge in [0.2, 0.25) is 5.91 Å². The van der Waals surface area contributed by atoms with Crippen molar-refractivity contribution in [3.63, 3.8) is 0 Å². The van der Waals surface area contributed by atoms with Gasteiger partial charge in [0.05, 0.1) is 0 Å². The van der Waals surface area contributed by atoms with Crippen LogP contribution < -0.4 is 10.2 Å². The number of nitrogens with one attached hydrogen (secondary N) is 1. The van der Waals surface area contributed by atoms with Crippen LogP contribution in [0.3, 0.4) is 0 Å². The summed E-state index contributed by atoms with van der Waals surface area (Å²) in [5.74, 6) is 2.13. The number of carbonyl (C=O) groups is 1. The fraction of sp³-hybridized carbons (Fsp3) is 0.400.